The summed E-state index contributed by atoms with van der Waals surface area (Å²) in [7, 11) is 2.24. The minimum atomic E-state index is 0.816. The SMILES string of the molecule is CCN(CCN1CCN(C)CC1)C1CC2CCC(C1)N2. The number of piperazine rings is 1. The van der Waals surface area contributed by atoms with E-state index in [0.29, 0.717) is 0 Å². The van der Waals surface area contributed by atoms with E-state index in [2.05, 4.69) is 34.0 Å². The number of hydrogen-bond donors (Lipinski definition) is 1. The average Bonchev–Trinajstić information content (AvgIpc) is 2.80. The first-order chi connectivity index (χ1) is 9.74. The molecule has 3 saturated heterocycles. The zero-order valence-corrected chi connectivity index (χ0v) is 13.4. The number of fused-ring (bicyclic) bond motifs is 2. The molecule has 3 rings (SSSR count). The van der Waals surface area contributed by atoms with E-state index in [-0.39, 0.29) is 0 Å². The van der Waals surface area contributed by atoms with Crippen LogP contribution in [0.3, 0.4) is 0 Å². The maximum Gasteiger partial charge on any atom is 0.0125 e. The second kappa shape index (κ2) is 6.73. The fraction of sp³-hybridized carbons (Fsp3) is 1.00. The lowest BCUT2D eigenvalue weighted by Crippen LogP contribution is -2.51. The van der Waals surface area contributed by atoms with Crippen molar-refractivity contribution in [3.05, 3.63) is 0 Å². The van der Waals surface area contributed by atoms with Crippen molar-refractivity contribution in [2.75, 3.05) is 52.9 Å². The summed E-state index contributed by atoms with van der Waals surface area (Å²) in [5.41, 5.74) is 0. The number of nitrogens with zero attached hydrogens (tertiary/aromatic N) is 3. The van der Waals surface area contributed by atoms with Crippen LogP contribution in [0.15, 0.2) is 0 Å². The summed E-state index contributed by atoms with van der Waals surface area (Å²) in [5, 5.41) is 3.77. The molecule has 1 N–H and O–H groups in total. The molecule has 3 heterocycles. The summed E-state index contributed by atoms with van der Waals surface area (Å²) >= 11 is 0. The Balaban J connectivity index is 1.45. The van der Waals surface area contributed by atoms with Gasteiger partial charge < -0.3 is 10.2 Å². The lowest BCUT2D eigenvalue weighted by Gasteiger charge is -2.39. The van der Waals surface area contributed by atoms with Crippen molar-refractivity contribution in [1.82, 2.24) is 20.0 Å². The van der Waals surface area contributed by atoms with Gasteiger partial charge in [0.05, 0.1) is 0 Å². The minimum Gasteiger partial charge on any atom is -0.311 e. The van der Waals surface area contributed by atoms with Gasteiger partial charge in [0.25, 0.3) is 0 Å². The first kappa shape index (κ1) is 14.8. The van der Waals surface area contributed by atoms with Crippen molar-refractivity contribution in [3.8, 4) is 0 Å². The topological polar surface area (TPSA) is 21.8 Å². The van der Waals surface area contributed by atoms with Gasteiger partial charge in [-0.1, -0.05) is 6.92 Å². The van der Waals surface area contributed by atoms with Gasteiger partial charge in [-0.2, -0.15) is 0 Å². The summed E-state index contributed by atoms with van der Waals surface area (Å²) < 4.78 is 0. The molecule has 0 saturated carbocycles. The fourth-order valence-electron chi connectivity index (χ4n) is 4.27. The minimum absolute atomic E-state index is 0.816. The van der Waals surface area contributed by atoms with E-state index in [1.807, 2.05) is 0 Å². The zero-order valence-electron chi connectivity index (χ0n) is 13.4. The van der Waals surface area contributed by atoms with Crippen LogP contribution < -0.4 is 5.32 Å². The Hall–Kier alpha value is -0.160. The number of rotatable bonds is 5. The fourth-order valence-corrected chi connectivity index (χ4v) is 4.27. The highest BCUT2D eigenvalue weighted by molar-refractivity contribution is 4.95. The third-order valence-electron chi connectivity index (χ3n) is 5.67. The van der Waals surface area contributed by atoms with Crippen LogP contribution in [0.5, 0.6) is 0 Å². The van der Waals surface area contributed by atoms with Gasteiger partial charge in [0.1, 0.15) is 0 Å². The molecule has 0 aromatic heterocycles. The largest absolute Gasteiger partial charge is 0.311 e. The Morgan fingerprint density at radius 1 is 1.05 bits per heavy atom. The lowest BCUT2D eigenvalue weighted by molar-refractivity contribution is 0.104. The van der Waals surface area contributed by atoms with Gasteiger partial charge in [0.2, 0.25) is 0 Å². The normalized spacial score (nSPS) is 35.9. The molecule has 0 radical (unpaired) electrons. The summed E-state index contributed by atoms with van der Waals surface area (Å²) in [5.74, 6) is 0. The number of piperidine rings is 1. The molecule has 116 valence electrons. The molecule has 2 atom stereocenters. The lowest BCUT2D eigenvalue weighted by atomic mass is 9.98. The molecule has 0 aliphatic carbocycles. The monoisotopic (exact) mass is 280 g/mol. The molecule has 0 aromatic carbocycles. The van der Waals surface area contributed by atoms with Crippen LogP contribution >= 0.6 is 0 Å². The molecular formula is C16H32N4. The van der Waals surface area contributed by atoms with E-state index < -0.39 is 0 Å². The highest BCUT2D eigenvalue weighted by Crippen LogP contribution is 2.29. The van der Waals surface area contributed by atoms with Gasteiger partial charge >= 0.3 is 0 Å². The van der Waals surface area contributed by atoms with Crippen molar-refractivity contribution in [2.45, 2.75) is 50.7 Å². The maximum atomic E-state index is 3.77. The van der Waals surface area contributed by atoms with Crippen LogP contribution in [0.2, 0.25) is 0 Å². The Morgan fingerprint density at radius 2 is 1.70 bits per heavy atom. The highest BCUT2D eigenvalue weighted by Gasteiger charge is 2.35. The Kier molecular flexibility index (Phi) is 4.97. The van der Waals surface area contributed by atoms with E-state index in [4.69, 9.17) is 0 Å². The quantitative estimate of drug-likeness (QED) is 0.805. The molecule has 3 aliphatic rings. The molecule has 3 fully saturated rings. The zero-order chi connectivity index (χ0) is 13.9. The Labute approximate surface area is 124 Å². The average molecular weight is 280 g/mol. The summed E-state index contributed by atoms with van der Waals surface area (Å²) in [4.78, 5) is 7.85. The van der Waals surface area contributed by atoms with Crippen LogP contribution in [0.4, 0.5) is 0 Å². The second-order valence-corrected chi connectivity index (χ2v) is 7.04. The van der Waals surface area contributed by atoms with Crippen LogP contribution in [-0.2, 0) is 0 Å². The predicted molar refractivity (Wildman–Crippen MR) is 84.2 cm³/mol. The molecule has 0 aromatic rings. The van der Waals surface area contributed by atoms with Crippen LogP contribution in [0, 0.1) is 0 Å². The molecule has 3 aliphatic heterocycles. The number of hydrogen-bond acceptors (Lipinski definition) is 4. The van der Waals surface area contributed by atoms with Crippen molar-refractivity contribution in [3.63, 3.8) is 0 Å². The molecular weight excluding hydrogens is 248 g/mol. The number of nitrogens with one attached hydrogen (secondary N) is 1. The third-order valence-corrected chi connectivity index (χ3v) is 5.67. The van der Waals surface area contributed by atoms with Crippen LogP contribution in [0.25, 0.3) is 0 Å². The van der Waals surface area contributed by atoms with Gasteiger partial charge in [0.15, 0.2) is 0 Å². The second-order valence-electron chi connectivity index (χ2n) is 7.04. The van der Waals surface area contributed by atoms with Gasteiger partial charge in [-0.05, 0) is 39.3 Å². The predicted octanol–water partition coefficient (Wildman–Crippen LogP) is 0.839. The van der Waals surface area contributed by atoms with Crippen LogP contribution in [0.1, 0.15) is 32.6 Å². The van der Waals surface area contributed by atoms with Gasteiger partial charge in [0, 0.05) is 57.4 Å². The van der Waals surface area contributed by atoms with E-state index in [1.54, 1.807) is 0 Å². The van der Waals surface area contributed by atoms with E-state index in [0.717, 1.165) is 18.1 Å². The van der Waals surface area contributed by atoms with Crippen molar-refractivity contribution < 1.29 is 0 Å². The maximum absolute atomic E-state index is 3.77. The smallest absolute Gasteiger partial charge is 0.0125 e. The molecule has 0 spiro atoms. The first-order valence-electron chi connectivity index (χ1n) is 8.65. The molecule has 0 amide bonds. The van der Waals surface area contributed by atoms with Crippen molar-refractivity contribution in [2.24, 2.45) is 0 Å². The standard InChI is InChI=1S/C16H32N4/c1-3-20(11-10-19-8-6-18(2)7-9-19)16-12-14-4-5-15(13-16)17-14/h14-17H,3-13H2,1-2H3. The molecule has 2 unspecified atom stereocenters. The Bertz CT molecular complexity index is 289. The molecule has 4 heteroatoms. The first-order valence-corrected chi connectivity index (χ1v) is 8.65. The molecule has 20 heavy (non-hydrogen) atoms. The van der Waals surface area contributed by atoms with Crippen molar-refractivity contribution in [1.29, 1.82) is 0 Å². The highest BCUT2D eigenvalue weighted by atomic mass is 15.3. The Morgan fingerprint density at radius 3 is 2.30 bits per heavy atom. The summed E-state index contributed by atoms with van der Waals surface area (Å²) in [6, 6.07) is 2.47. The van der Waals surface area contributed by atoms with Gasteiger partial charge in [-0.15, -0.1) is 0 Å². The molecule has 4 nitrogen and oxygen atoms in total. The van der Waals surface area contributed by atoms with Gasteiger partial charge in [-0.25, -0.2) is 0 Å². The van der Waals surface area contributed by atoms with E-state index >= 15 is 0 Å². The van der Waals surface area contributed by atoms with Gasteiger partial charge in [-0.3, -0.25) is 9.80 Å². The molecule has 2 bridgehead atoms. The summed E-state index contributed by atoms with van der Waals surface area (Å²) in [6.45, 7) is 11.1. The van der Waals surface area contributed by atoms with Crippen LogP contribution in [-0.4, -0.2) is 85.7 Å². The van der Waals surface area contributed by atoms with Crippen molar-refractivity contribution >= 4 is 0 Å². The third kappa shape index (κ3) is 3.53. The van der Waals surface area contributed by atoms with E-state index in [9.17, 15) is 0 Å². The van der Waals surface area contributed by atoms with E-state index in [1.165, 1.54) is 71.5 Å². The number of likely N-dealkylation sites (N-methyl/N-ethyl adjacent to an activating group) is 2. The summed E-state index contributed by atoms with van der Waals surface area (Å²) in [6.07, 6.45) is 5.59.